The molecule has 0 aromatic carbocycles. The van der Waals surface area contributed by atoms with E-state index in [9.17, 15) is 4.79 Å². The van der Waals surface area contributed by atoms with Crippen molar-refractivity contribution in [3.63, 3.8) is 0 Å². The third kappa shape index (κ3) is 2.73. The summed E-state index contributed by atoms with van der Waals surface area (Å²) in [4.78, 5) is 11.9. The summed E-state index contributed by atoms with van der Waals surface area (Å²) >= 11 is 0. The van der Waals surface area contributed by atoms with Crippen LogP contribution in [0.15, 0.2) is 0 Å². The zero-order chi connectivity index (χ0) is 15.2. The van der Waals surface area contributed by atoms with Crippen LogP contribution in [0.4, 0.5) is 0 Å². The lowest BCUT2D eigenvalue weighted by atomic mass is 9.19. The average Bonchev–Trinajstić information content (AvgIpc) is 2.14. The van der Waals surface area contributed by atoms with Crippen LogP contribution >= 0.6 is 0 Å². The van der Waals surface area contributed by atoms with Gasteiger partial charge in [-0.05, 0) is 26.0 Å². The van der Waals surface area contributed by atoms with E-state index in [4.69, 9.17) is 60.2 Å². The lowest BCUT2D eigenvalue weighted by Gasteiger charge is -2.61. The van der Waals surface area contributed by atoms with Crippen LogP contribution in [-0.4, -0.2) is 81.8 Å². The molecular formula is C8H10B7NO2. The molecule has 0 saturated carbocycles. The van der Waals surface area contributed by atoms with Crippen LogP contribution in [0.2, 0.25) is 10.4 Å². The molecule has 0 amide bonds. The molecule has 1 N–H and O–H groups in total. The van der Waals surface area contributed by atoms with E-state index in [1.807, 2.05) is 0 Å². The van der Waals surface area contributed by atoms with E-state index in [0.717, 1.165) is 4.81 Å². The molecule has 0 heterocycles. The predicted octanol–water partition coefficient (Wildman–Crippen LogP) is -1.85. The third-order valence-electron chi connectivity index (χ3n) is 2.82. The Morgan fingerprint density at radius 1 is 1.00 bits per heavy atom. The molecule has 0 bridgehead atoms. The van der Waals surface area contributed by atoms with Crippen molar-refractivity contribution in [2.45, 2.75) is 42.1 Å². The summed E-state index contributed by atoms with van der Waals surface area (Å²) in [6.45, 7) is 5.02. The van der Waals surface area contributed by atoms with Gasteiger partial charge < -0.3 is 9.92 Å². The molecule has 0 aromatic heterocycles. The number of carboxylic acid groups (broad SMARTS) is 1. The van der Waals surface area contributed by atoms with Crippen molar-refractivity contribution in [1.29, 1.82) is 0 Å². The molecule has 0 unspecified atom stereocenters. The number of hydrogen-bond donors (Lipinski definition) is 1. The summed E-state index contributed by atoms with van der Waals surface area (Å²) < 4.78 is 0. The third-order valence-corrected chi connectivity index (χ3v) is 2.82. The number of carboxylic acids is 1. The van der Waals surface area contributed by atoms with Gasteiger partial charge in [-0.3, -0.25) is 4.79 Å². The topological polar surface area (TPSA) is 40.5 Å². The Balaban J connectivity index is 5.67. The van der Waals surface area contributed by atoms with E-state index in [1.165, 1.54) is 0 Å². The standard InChI is InChI=1S/C8H10B7NO2/c1-5(2,3)16(15)8(13,14)7(11,12)6(9,10)4(17)18/h1-3H3,(H,17,18). The van der Waals surface area contributed by atoms with Gasteiger partial charge in [0, 0.05) is 5.54 Å². The highest BCUT2D eigenvalue weighted by molar-refractivity contribution is 6.66. The number of nitrogens with zero attached hydrogens (tertiary/aromatic N) is 1. The number of hydrogen-bond acceptors (Lipinski definition) is 2. The van der Waals surface area contributed by atoms with Gasteiger partial charge in [0.1, 0.15) is 0 Å². The zero-order valence-electron chi connectivity index (χ0n) is 10.8. The highest BCUT2D eigenvalue weighted by Gasteiger charge is 2.51. The van der Waals surface area contributed by atoms with Crippen molar-refractivity contribution in [2.75, 3.05) is 0 Å². The highest BCUT2D eigenvalue weighted by Crippen LogP contribution is 2.50. The van der Waals surface area contributed by atoms with Crippen molar-refractivity contribution in [2.24, 2.45) is 0 Å². The highest BCUT2D eigenvalue weighted by atomic mass is 16.4. The quantitative estimate of drug-likeness (QED) is 0.574. The fourth-order valence-corrected chi connectivity index (χ4v) is 1.26. The molecule has 0 spiro atoms. The SMILES string of the molecule is [B]N(C(C)(C)C)C([B])([B])C([B])([B])C([B])([B])C(=O)O. The van der Waals surface area contributed by atoms with Crippen molar-refractivity contribution < 1.29 is 9.90 Å². The van der Waals surface area contributed by atoms with E-state index >= 15 is 0 Å². The second-order valence-electron chi connectivity index (χ2n) is 5.41. The van der Waals surface area contributed by atoms with Crippen LogP contribution < -0.4 is 0 Å². The molecular weight excluding hydrogens is 218 g/mol. The molecule has 80 valence electrons. The van der Waals surface area contributed by atoms with Crippen LogP contribution in [0.5, 0.6) is 0 Å². The van der Waals surface area contributed by atoms with Crippen LogP contribution in [0.1, 0.15) is 20.8 Å². The Labute approximate surface area is 118 Å². The van der Waals surface area contributed by atoms with Crippen LogP contribution in [0, 0.1) is 0 Å². The van der Waals surface area contributed by atoms with Gasteiger partial charge in [0.2, 0.25) is 0 Å². The van der Waals surface area contributed by atoms with Crippen molar-refractivity contribution in [3.05, 3.63) is 0 Å². The molecule has 0 aliphatic rings. The smallest absolute Gasteiger partial charge is 0.291 e. The molecule has 0 saturated heterocycles. The molecule has 0 aromatic rings. The molecule has 0 atom stereocenters. The molecule has 3 nitrogen and oxygen atoms in total. The minimum atomic E-state index is -2.57. The van der Waals surface area contributed by atoms with Crippen molar-refractivity contribution >= 4 is 61.0 Å². The summed E-state index contributed by atoms with van der Waals surface area (Å²) in [5.74, 6) is -1.66. The first-order chi connectivity index (χ1) is 7.60. The first-order valence-corrected chi connectivity index (χ1v) is 5.12. The first kappa shape index (κ1) is 17.9. The van der Waals surface area contributed by atoms with Crippen LogP contribution in [-0.2, 0) is 4.79 Å². The molecule has 0 aliphatic heterocycles. The second-order valence-corrected chi connectivity index (χ2v) is 5.41. The lowest BCUT2D eigenvalue weighted by Crippen LogP contribution is -2.67. The summed E-state index contributed by atoms with van der Waals surface area (Å²) in [7, 11) is 39.3. The lowest BCUT2D eigenvalue weighted by molar-refractivity contribution is -0.138. The van der Waals surface area contributed by atoms with Gasteiger partial charge in [0.05, 0.1) is 47.1 Å². The first-order valence-electron chi connectivity index (χ1n) is 5.12. The summed E-state index contributed by atoms with van der Waals surface area (Å²) in [5, 5.41) is 1.82. The number of rotatable bonds is 4. The second kappa shape index (κ2) is 4.77. The van der Waals surface area contributed by atoms with Gasteiger partial charge in [-0.2, -0.15) is 0 Å². The fraction of sp³-hybridized carbons (Fsp3) is 0.875. The van der Waals surface area contributed by atoms with E-state index in [-0.39, 0.29) is 0 Å². The van der Waals surface area contributed by atoms with Gasteiger partial charge in [-0.15, -0.1) is 0 Å². The molecule has 18 heavy (non-hydrogen) atoms. The van der Waals surface area contributed by atoms with Gasteiger partial charge in [0.25, 0.3) is 5.97 Å². The maximum atomic E-state index is 11.0. The van der Waals surface area contributed by atoms with E-state index in [0.29, 0.717) is 0 Å². The molecule has 0 rings (SSSR count). The minimum Gasteiger partial charge on any atom is -0.482 e. The van der Waals surface area contributed by atoms with Gasteiger partial charge in [0.15, 0.2) is 7.98 Å². The largest absolute Gasteiger partial charge is 0.482 e. The minimum absolute atomic E-state index is 0.748. The normalized spacial score (nSPS) is 14.7. The fourth-order valence-electron chi connectivity index (χ4n) is 1.26. The van der Waals surface area contributed by atoms with E-state index < -0.39 is 27.3 Å². The molecule has 14 radical (unpaired) electrons. The number of carbonyl (C=O) groups is 1. The molecule has 10 heteroatoms. The molecule has 0 fully saturated rings. The van der Waals surface area contributed by atoms with Gasteiger partial charge in [-0.1, -0.05) is 10.6 Å². The summed E-state index contributed by atoms with van der Waals surface area (Å²) in [6, 6.07) is 0. The Bertz CT molecular complexity index is 337. The Morgan fingerprint density at radius 2 is 1.33 bits per heavy atom. The van der Waals surface area contributed by atoms with Gasteiger partial charge >= 0.3 is 0 Å². The Kier molecular flexibility index (Phi) is 4.74. The van der Waals surface area contributed by atoms with E-state index in [1.54, 1.807) is 20.8 Å². The van der Waals surface area contributed by atoms with Crippen LogP contribution in [0.3, 0.4) is 0 Å². The summed E-state index contributed by atoms with van der Waals surface area (Å²) in [6.07, 6.45) is 0. The number of aliphatic carboxylic acids is 1. The molecule has 0 aliphatic carbocycles. The summed E-state index contributed by atoms with van der Waals surface area (Å²) in [5.41, 5.74) is -0.748. The maximum Gasteiger partial charge on any atom is 0.291 e. The Morgan fingerprint density at radius 3 is 1.56 bits per heavy atom. The monoisotopic (exact) mass is 229 g/mol. The zero-order valence-corrected chi connectivity index (χ0v) is 10.8. The van der Waals surface area contributed by atoms with Gasteiger partial charge in [-0.25, -0.2) is 0 Å². The average molecular weight is 228 g/mol. The maximum absolute atomic E-state index is 11.0. The predicted molar refractivity (Wildman–Crippen MR) is 77.6 cm³/mol. The van der Waals surface area contributed by atoms with Crippen molar-refractivity contribution in [1.82, 2.24) is 4.81 Å². The Hall–Kier alpha value is -0.115. The van der Waals surface area contributed by atoms with Crippen molar-refractivity contribution in [3.8, 4) is 0 Å². The van der Waals surface area contributed by atoms with E-state index in [2.05, 4.69) is 0 Å². The van der Waals surface area contributed by atoms with Crippen LogP contribution in [0.25, 0.3) is 0 Å².